The molecule has 15 heavy (non-hydrogen) atoms. The van der Waals surface area contributed by atoms with Crippen LogP contribution in [-0.2, 0) is 6.54 Å². The van der Waals surface area contributed by atoms with E-state index in [9.17, 15) is 0 Å². The summed E-state index contributed by atoms with van der Waals surface area (Å²) in [6, 6.07) is 6.61. The molecule has 0 aliphatic carbocycles. The Morgan fingerprint density at radius 2 is 1.93 bits per heavy atom. The fourth-order valence-corrected chi connectivity index (χ4v) is 2.09. The molecule has 2 nitrogen and oxygen atoms in total. The smallest absolute Gasteiger partial charge is 0.0237 e. The molecule has 1 aliphatic rings. The zero-order valence-corrected chi connectivity index (χ0v) is 9.71. The average molecular weight is 204 g/mol. The molecule has 0 amide bonds. The van der Waals surface area contributed by atoms with Crippen LogP contribution in [0.15, 0.2) is 18.2 Å². The minimum Gasteiger partial charge on any atom is -0.314 e. The summed E-state index contributed by atoms with van der Waals surface area (Å²) in [6.07, 6.45) is 0. The summed E-state index contributed by atoms with van der Waals surface area (Å²) < 4.78 is 0. The van der Waals surface area contributed by atoms with Crippen molar-refractivity contribution in [1.29, 1.82) is 0 Å². The van der Waals surface area contributed by atoms with Crippen molar-refractivity contribution in [2.75, 3.05) is 26.2 Å². The molecule has 0 saturated carbocycles. The maximum absolute atomic E-state index is 3.38. The standard InChI is InChI=1S/C13H20N2/c1-11-4-3-5-13(12(11)2)10-15-8-6-14-7-9-15/h3-5,14H,6-10H2,1-2H3. The topological polar surface area (TPSA) is 15.3 Å². The van der Waals surface area contributed by atoms with Gasteiger partial charge < -0.3 is 5.32 Å². The lowest BCUT2D eigenvalue weighted by Gasteiger charge is -2.28. The second-order valence-electron chi connectivity index (χ2n) is 4.39. The van der Waals surface area contributed by atoms with Gasteiger partial charge in [-0.05, 0) is 30.5 Å². The molecule has 0 atom stereocenters. The summed E-state index contributed by atoms with van der Waals surface area (Å²) in [7, 11) is 0. The summed E-state index contributed by atoms with van der Waals surface area (Å²) in [5, 5.41) is 3.38. The minimum absolute atomic E-state index is 1.11. The van der Waals surface area contributed by atoms with Gasteiger partial charge in [-0.25, -0.2) is 0 Å². The van der Waals surface area contributed by atoms with Gasteiger partial charge in [0.05, 0.1) is 0 Å². The Morgan fingerprint density at radius 3 is 2.67 bits per heavy atom. The number of aryl methyl sites for hydroxylation is 1. The van der Waals surface area contributed by atoms with Crippen molar-refractivity contribution in [3.63, 3.8) is 0 Å². The van der Waals surface area contributed by atoms with E-state index in [0.717, 1.165) is 19.6 Å². The summed E-state index contributed by atoms with van der Waals surface area (Å²) >= 11 is 0. The quantitative estimate of drug-likeness (QED) is 0.789. The van der Waals surface area contributed by atoms with Gasteiger partial charge in [0, 0.05) is 32.7 Å². The third-order valence-electron chi connectivity index (χ3n) is 3.32. The van der Waals surface area contributed by atoms with Crippen LogP contribution in [0.1, 0.15) is 16.7 Å². The predicted octanol–water partition coefficient (Wildman–Crippen LogP) is 1.71. The highest BCUT2D eigenvalue weighted by molar-refractivity contribution is 5.33. The van der Waals surface area contributed by atoms with E-state index in [1.165, 1.54) is 29.8 Å². The van der Waals surface area contributed by atoms with Crippen molar-refractivity contribution < 1.29 is 0 Å². The highest BCUT2D eigenvalue weighted by atomic mass is 15.2. The average Bonchev–Trinajstić information content (AvgIpc) is 2.26. The van der Waals surface area contributed by atoms with Crippen LogP contribution in [0.3, 0.4) is 0 Å². The van der Waals surface area contributed by atoms with Gasteiger partial charge in [0.15, 0.2) is 0 Å². The molecule has 1 aromatic rings. The first-order chi connectivity index (χ1) is 7.27. The monoisotopic (exact) mass is 204 g/mol. The van der Waals surface area contributed by atoms with Gasteiger partial charge in [-0.2, -0.15) is 0 Å². The van der Waals surface area contributed by atoms with Gasteiger partial charge in [0.2, 0.25) is 0 Å². The van der Waals surface area contributed by atoms with Crippen molar-refractivity contribution in [3.05, 3.63) is 34.9 Å². The van der Waals surface area contributed by atoms with Crippen LogP contribution >= 0.6 is 0 Å². The molecule has 0 bridgehead atoms. The van der Waals surface area contributed by atoms with E-state index in [-0.39, 0.29) is 0 Å². The van der Waals surface area contributed by atoms with E-state index in [0.29, 0.717) is 0 Å². The SMILES string of the molecule is Cc1cccc(CN2CCNCC2)c1C. The molecule has 2 heteroatoms. The molecule has 2 rings (SSSR count). The number of hydrogen-bond acceptors (Lipinski definition) is 2. The Kier molecular flexibility index (Phi) is 3.39. The minimum atomic E-state index is 1.11. The summed E-state index contributed by atoms with van der Waals surface area (Å²) in [5.41, 5.74) is 4.34. The zero-order chi connectivity index (χ0) is 10.7. The van der Waals surface area contributed by atoms with Gasteiger partial charge >= 0.3 is 0 Å². The molecule has 1 fully saturated rings. The van der Waals surface area contributed by atoms with Crippen LogP contribution in [0.2, 0.25) is 0 Å². The van der Waals surface area contributed by atoms with Crippen molar-refractivity contribution in [2.45, 2.75) is 20.4 Å². The Bertz CT molecular complexity index is 327. The molecule has 0 spiro atoms. The van der Waals surface area contributed by atoms with Gasteiger partial charge in [0.25, 0.3) is 0 Å². The number of nitrogens with zero attached hydrogens (tertiary/aromatic N) is 1. The van der Waals surface area contributed by atoms with Crippen LogP contribution in [0.5, 0.6) is 0 Å². The Balaban J connectivity index is 2.06. The van der Waals surface area contributed by atoms with Crippen LogP contribution < -0.4 is 5.32 Å². The molecular weight excluding hydrogens is 184 g/mol. The molecule has 1 aliphatic heterocycles. The number of nitrogens with one attached hydrogen (secondary N) is 1. The van der Waals surface area contributed by atoms with E-state index in [1.54, 1.807) is 0 Å². The molecule has 0 unspecified atom stereocenters. The molecule has 0 radical (unpaired) electrons. The molecule has 1 aromatic carbocycles. The molecule has 1 heterocycles. The van der Waals surface area contributed by atoms with Gasteiger partial charge in [-0.1, -0.05) is 18.2 Å². The van der Waals surface area contributed by atoms with Gasteiger partial charge in [-0.3, -0.25) is 4.90 Å². The Hall–Kier alpha value is -0.860. The maximum atomic E-state index is 3.38. The third-order valence-corrected chi connectivity index (χ3v) is 3.32. The fourth-order valence-electron chi connectivity index (χ4n) is 2.09. The van der Waals surface area contributed by atoms with Gasteiger partial charge in [0.1, 0.15) is 0 Å². The first-order valence-electron chi connectivity index (χ1n) is 5.75. The Morgan fingerprint density at radius 1 is 1.20 bits per heavy atom. The van der Waals surface area contributed by atoms with E-state index in [4.69, 9.17) is 0 Å². The van der Waals surface area contributed by atoms with Crippen molar-refractivity contribution in [3.8, 4) is 0 Å². The Labute approximate surface area is 92.3 Å². The van der Waals surface area contributed by atoms with Crippen LogP contribution in [0, 0.1) is 13.8 Å². The van der Waals surface area contributed by atoms with Crippen LogP contribution in [0.4, 0.5) is 0 Å². The lowest BCUT2D eigenvalue weighted by Crippen LogP contribution is -2.43. The molecule has 0 aromatic heterocycles. The van der Waals surface area contributed by atoms with Crippen LogP contribution in [-0.4, -0.2) is 31.1 Å². The zero-order valence-electron chi connectivity index (χ0n) is 9.71. The summed E-state index contributed by atoms with van der Waals surface area (Å²) in [4.78, 5) is 2.53. The van der Waals surface area contributed by atoms with E-state index < -0.39 is 0 Å². The lowest BCUT2D eigenvalue weighted by atomic mass is 10.0. The highest BCUT2D eigenvalue weighted by Crippen LogP contribution is 2.14. The number of rotatable bonds is 2. The van der Waals surface area contributed by atoms with E-state index in [2.05, 4.69) is 42.3 Å². The van der Waals surface area contributed by atoms with Crippen molar-refractivity contribution in [1.82, 2.24) is 10.2 Å². The summed E-state index contributed by atoms with van der Waals surface area (Å²) in [6.45, 7) is 10.1. The first kappa shape index (κ1) is 10.7. The van der Waals surface area contributed by atoms with Crippen LogP contribution in [0.25, 0.3) is 0 Å². The normalized spacial score (nSPS) is 18.0. The van der Waals surface area contributed by atoms with E-state index in [1.807, 2.05) is 0 Å². The lowest BCUT2D eigenvalue weighted by molar-refractivity contribution is 0.233. The number of hydrogen-bond donors (Lipinski definition) is 1. The molecular formula is C13H20N2. The van der Waals surface area contributed by atoms with Crippen molar-refractivity contribution >= 4 is 0 Å². The highest BCUT2D eigenvalue weighted by Gasteiger charge is 2.11. The first-order valence-corrected chi connectivity index (χ1v) is 5.75. The van der Waals surface area contributed by atoms with Crippen molar-refractivity contribution in [2.24, 2.45) is 0 Å². The van der Waals surface area contributed by atoms with Gasteiger partial charge in [-0.15, -0.1) is 0 Å². The predicted molar refractivity (Wildman–Crippen MR) is 64.1 cm³/mol. The third kappa shape index (κ3) is 2.58. The molecule has 1 N–H and O–H groups in total. The largest absolute Gasteiger partial charge is 0.314 e. The molecule has 1 saturated heterocycles. The fraction of sp³-hybridized carbons (Fsp3) is 0.538. The number of benzene rings is 1. The summed E-state index contributed by atoms with van der Waals surface area (Å²) in [5.74, 6) is 0. The van der Waals surface area contributed by atoms with E-state index >= 15 is 0 Å². The second-order valence-corrected chi connectivity index (χ2v) is 4.39. The second kappa shape index (κ2) is 4.77. The maximum Gasteiger partial charge on any atom is 0.0237 e. The number of piperazine rings is 1. The molecule has 82 valence electrons.